The molecule has 0 radical (unpaired) electrons. The normalized spacial score (nSPS) is 8.81. The van der Waals surface area contributed by atoms with Crippen LogP contribution in [0, 0.1) is 11.3 Å². The zero-order valence-corrected chi connectivity index (χ0v) is 9.12. The lowest BCUT2D eigenvalue weighted by molar-refractivity contribution is 0.727. The van der Waals surface area contributed by atoms with Crippen LogP contribution in [-0.4, -0.2) is 20.0 Å². The maximum absolute atomic E-state index is 8.83. The molecular weight excluding hydrogens is 204 g/mol. The van der Waals surface area contributed by atoms with E-state index in [1.807, 2.05) is 19.9 Å². The summed E-state index contributed by atoms with van der Waals surface area (Å²) < 4.78 is 0. The van der Waals surface area contributed by atoms with Gasteiger partial charge in [-0.15, -0.1) is 4.80 Å². The van der Waals surface area contributed by atoms with Crippen LogP contribution in [0.3, 0.4) is 0 Å². The standard InChI is InChI=1S/C8H6N6.C2H6/c9-4-6-3-7(10)5-11-8(6)14-12-1-2-13-14;1-2/h1-3,5H,10H2;1-2H3. The molecule has 2 heterocycles. The number of nitrogen functional groups attached to an aromatic ring is 1. The summed E-state index contributed by atoms with van der Waals surface area (Å²) >= 11 is 0. The molecule has 82 valence electrons. The van der Waals surface area contributed by atoms with Gasteiger partial charge >= 0.3 is 0 Å². The minimum atomic E-state index is 0.348. The highest BCUT2D eigenvalue weighted by molar-refractivity contribution is 5.50. The van der Waals surface area contributed by atoms with Crippen molar-refractivity contribution >= 4 is 5.69 Å². The predicted octanol–water partition coefficient (Wildman–Crippen LogP) is 1.14. The van der Waals surface area contributed by atoms with Crippen molar-refractivity contribution in [3.05, 3.63) is 30.2 Å². The van der Waals surface area contributed by atoms with Crippen LogP contribution in [0.1, 0.15) is 19.4 Å². The third-order valence-corrected chi connectivity index (χ3v) is 1.62. The van der Waals surface area contributed by atoms with Crippen LogP contribution in [0.25, 0.3) is 5.82 Å². The van der Waals surface area contributed by atoms with Gasteiger partial charge in [-0.05, 0) is 6.07 Å². The van der Waals surface area contributed by atoms with Crippen LogP contribution >= 0.6 is 0 Å². The van der Waals surface area contributed by atoms with Crippen LogP contribution in [0.15, 0.2) is 24.7 Å². The quantitative estimate of drug-likeness (QED) is 0.771. The van der Waals surface area contributed by atoms with Gasteiger partial charge in [0.1, 0.15) is 11.6 Å². The fraction of sp³-hybridized carbons (Fsp3) is 0.200. The Morgan fingerprint density at radius 2 is 1.94 bits per heavy atom. The van der Waals surface area contributed by atoms with Crippen molar-refractivity contribution in [3.8, 4) is 11.9 Å². The van der Waals surface area contributed by atoms with E-state index < -0.39 is 0 Å². The largest absolute Gasteiger partial charge is 0.397 e. The monoisotopic (exact) mass is 216 g/mol. The molecule has 0 aliphatic rings. The molecule has 0 aliphatic carbocycles. The maximum atomic E-state index is 8.83. The number of anilines is 1. The van der Waals surface area contributed by atoms with Crippen molar-refractivity contribution in [2.24, 2.45) is 0 Å². The minimum Gasteiger partial charge on any atom is -0.397 e. The molecule has 16 heavy (non-hydrogen) atoms. The summed E-state index contributed by atoms with van der Waals surface area (Å²) in [6.45, 7) is 4.00. The number of nitrogens with two attached hydrogens (primary N) is 1. The van der Waals surface area contributed by atoms with Crippen LogP contribution in [0.5, 0.6) is 0 Å². The van der Waals surface area contributed by atoms with E-state index >= 15 is 0 Å². The van der Waals surface area contributed by atoms with Crippen molar-refractivity contribution in [2.75, 3.05) is 5.73 Å². The lowest BCUT2D eigenvalue weighted by atomic mass is 10.2. The number of hydrogen-bond acceptors (Lipinski definition) is 5. The zero-order chi connectivity index (χ0) is 12.0. The first-order chi connectivity index (χ1) is 7.81. The zero-order valence-electron chi connectivity index (χ0n) is 9.12. The molecule has 6 heteroatoms. The Kier molecular flexibility index (Phi) is 3.98. The maximum Gasteiger partial charge on any atom is 0.192 e. The Bertz CT molecular complexity index is 483. The fourth-order valence-corrected chi connectivity index (χ4v) is 1.04. The first-order valence-electron chi connectivity index (χ1n) is 4.83. The minimum absolute atomic E-state index is 0.348. The second-order valence-electron chi connectivity index (χ2n) is 2.57. The Balaban J connectivity index is 0.000000606. The van der Waals surface area contributed by atoms with Gasteiger partial charge in [0.25, 0.3) is 0 Å². The van der Waals surface area contributed by atoms with E-state index in [1.54, 1.807) is 0 Å². The summed E-state index contributed by atoms with van der Waals surface area (Å²) in [7, 11) is 0. The highest BCUT2D eigenvalue weighted by Crippen LogP contribution is 2.11. The molecule has 0 saturated carbocycles. The van der Waals surface area contributed by atoms with E-state index in [1.165, 1.54) is 29.5 Å². The Hall–Kier alpha value is -2.42. The molecule has 0 fully saturated rings. The first-order valence-corrected chi connectivity index (χ1v) is 4.83. The van der Waals surface area contributed by atoms with Crippen LogP contribution in [0.2, 0.25) is 0 Å². The Morgan fingerprint density at radius 3 is 2.50 bits per heavy atom. The third-order valence-electron chi connectivity index (χ3n) is 1.62. The molecule has 0 aliphatic heterocycles. The van der Waals surface area contributed by atoms with Crippen LogP contribution in [0.4, 0.5) is 5.69 Å². The van der Waals surface area contributed by atoms with Gasteiger partial charge in [0, 0.05) is 0 Å². The van der Waals surface area contributed by atoms with Crippen molar-refractivity contribution in [2.45, 2.75) is 13.8 Å². The molecule has 0 spiro atoms. The lowest BCUT2D eigenvalue weighted by Gasteiger charge is -2.01. The average Bonchev–Trinajstić information content (AvgIpc) is 2.85. The molecular formula is C10H12N6. The van der Waals surface area contributed by atoms with Gasteiger partial charge in [0.2, 0.25) is 0 Å². The highest BCUT2D eigenvalue weighted by Gasteiger charge is 2.07. The molecule has 0 saturated heterocycles. The predicted molar refractivity (Wildman–Crippen MR) is 59.6 cm³/mol. The Morgan fingerprint density at radius 1 is 1.31 bits per heavy atom. The van der Waals surface area contributed by atoms with Crippen LogP contribution in [-0.2, 0) is 0 Å². The molecule has 0 bridgehead atoms. The smallest absolute Gasteiger partial charge is 0.192 e. The summed E-state index contributed by atoms with van der Waals surface area (Å²) in [6, 6.07) is 3.51. The van der Waals surface area contributed by atoms with Gasteiger partial charge in [0.15, 0.2) is 5.82 Å². The fourth-order valence-electron chi connectivity index (χ4n) is 1.04. The number of rotatable bonds is 1. The number of hydrogen-bond donors (Lipinski definition) is 1. The number of aromatic nitrogens is 4. The number of nitrogens with zero attached hydrogens (tertiary/aromatic N) is 5. The van der Waals surface area contributed by atoms with Crippen molar-refractivity contribution in [3.63, 3.8) is 0 Å². The second kappa shape index (κ2) is 5.46. The molecule has 2 N–H and O–H groups in total. The Labute approximate surface area is 93.3 Å². The van der Waals surface area contributed by atoms with Gasteiger partial charge in [-0.2, -0.15) is 15.5 Å². The van der Waals surface area contributed by atoms with Gasteiger partial charge < -0.3 is 5.73 Å². The third kappa shape index (κ3) is 2.33. The van der Waals surface area contributed by atoms with E-state index in [0.29, 0.717) is 17.1 Å². The average molecular weight is 216 g/mol. The van der Waals surface area contributed by atoms with Gasteiger partial charge in [-0.25, -0.2) is 4.98 Å². The van der Waals surface area contributed by atoms with Gasteiger partial charge in [0.05, 0.1) is 24.3 Å². The van der Waals surface area contributed by atoms with Gasteiger partial charge in [-0.1, -0.05) is 13.8 Å². The molecule has 0 unspecified atom stereocenters. The first kappa shape index (κ1) is 11.7. The SMILES string of the molecule is CC.N#Cc1cc(N)cnc1-n1nccn1. The van der Waals surface area contributed by atoms with Gasteiger partial charge in [-0.3, -0.25) is 0 Å². The summed E-state index contributed by atoms with van der Waals surface area (Å²) in [5.41, 5.74) is 6.28. The molecule has 0 amide bonds. The molecule has 2 rings (SSSR count). The van der Waals surface area contributed by atoms with E-state index in [4.69, 9.17) is 11.0 Å². The molecule has 2 aromatic heterocycles. The summed E-state index contributed by atoms with van der Waals surface area (Å²) in [5.74, 6) is 0.381. The van der Waals surface area contributed by atoms with Crippen LogP contribution < -0.4 is 5.73 Å². The summed E-state index contributed by atoms with van der Waals surface area (Å²) in [6.07, 6.45) is 4.48. The van der Waals surface area contributed by atoms with E-state index in [2.05, 4.69) is 15.2 Å². The molecule has 2 aromatic rings. The molecule has 6 nitrogen and oxygen atoms in total. The number of nitriles is 1. The number of pyridine rings is 1. The van der Waals surface area contributed by atoms with Crippen molar-refractivity contribution in [1.29, 1.82) is 5.26 Å². The topological polar surface area (TPSA) is 93.4 Å². The van der Waals surface area contributed by atoms with E-state index in [-0.39, 0.29) is 0 Å². The molecule has 0 aromatic carbocycles. The van der Waals surface area contributed by atoms with Crippen molar-refractivity contribution in [1.82, 2.24) is 20.0 Å². The molecule has 0 atom stereocenters. The highest BCUT2D eigenvalue weighted by atomic mass is 15.5. The lowest BCUT2D eigenvalue weighted by Crippen LogP contribution is -2.05. The summed E-state index contributed by atoms with van der Waals surface area (Å²) in [4.78, 5) is 5.26. The summed E-state index contributed by atoms with van der Waals surface area (Å²) in [5, 5.41) is 16.6. The van der Waals surface area contributed by atoms with E-state index in [0.717, 1.165) is 0 Å². The second-order valence-corrected chi connectivity index (χ2v) is 2.57. The van der Waals surface area contributed by atoms with E-state index in [9.17, 15) is 0 Å². The van der Waals surface area contributed by atoms with Crippen molar-refractivity contribution < 1.29 is 0 Å².